The van der Waals surface area contributed by atoms with E-state index in [-0.39, 0.29) is 18.3 Å². The number of hydrogen-bond acceptors (Lipinski definition) is 3. The summed E-state index contributed by atoms with van der Waals surface area (Å²) in [5.41, 5.74) is 1.75. The van der Waals surface area contributed by atoms with E-state index in [2.05, 4.69) is 4.98 Å². The van der Waals surface area contributed by atoms with Gasteiger partial charge < -0.3 is 9.84 Å². The molecule has 2 heterocycles. The Morgan fingerprint density at radius 2 is 2.15 bits per heavy atom. The largest absolute Gasteiger partial charge is 0.437 e. The molecule has 0 aliphatic carbocycles. The molecule has 0 fully saturated rings. The van der Waals surface area contributed by atoms with Gasteiger partial charge in [-0.05, 0) is 30.7 Å². The van der Waals surface area contributed by atoms with E-state index in [4.69, 9.17) is 4.74 Å². The van der Waals surface area contributed by atoms with E-state index >= 15 is 0 Å². The van der Waals surface area contributed by atoms with E-state index in [1.54, 1.807) is 29.7 Å². The third-order valence-electron chi connectivity index (χ3n) is 3.10. The lowest BCUT2D eigenvalue weighted by Crippen LogP contribution is -1.95. The van der Waals surface area contributed by atoms with E-state index in [0.29, 0.717) is 22.7 Å². The molecule has 3 rings (SSSR count). The Labute approximate surface area is 115 Å². The van der Waals surface area contributed by atoms with Crippen molar-refractivity contribution >= 4 is 5.65 Å². The summed E-state index contributed by atoms with van der Waals surface area (Å²) in [6.45, 7) is 1.47. The van der Waals surface area contributed by atoms with Crippen LogP contribution < -0.4 is 4.74 Å². The molecule has 0 bridgehead atoms. The average molecular weight is 272 g/mol. The number of aromatic nitrogens is 2. The molecule has 3 aromatic rings. The number of nitrogens with zero attached hydrogens (tertiary/aromatic N) is 2. The summed E-state index contributed by atoms with van der Waals surface area (Å²) >= 11 is 0. The first kappa shape index (κ1) is 12.6. The summed E-state index contributed by atoms with van der Waals surface area (Å²) in [5, 5.41) is 9.47. The number of hydrogen-bond donors (Lipinski definition) is 1. The van der Waals surface area contributed by atoms with E-state index in [1.807, 2.05) is 18.2 Å². The van der Waals surface area contributed by atoms with Gasteiger partial charge in [-0.3, -0.25) is 4.40 Å². The molecule has 0 atom stereocenters. The molecule has 0 saturated carbocycles. The van der Waals surface area contributed by atoms with Gasteiger partial charge in [0.05, 0.1) is 6.61 Å². The van der Waals surface area contributed by atoms with Gasteiger partial charge >= 0.3 is 0 Å². The lowest BCUT2D eigenvalue weighted by molar-refractivity contribution is 0.269. The van der Waals surface area contributed by atoms with Gasteiger partial charge in [0.1, 0.15) is 22.9 Å². The molecule has 0 spiro atoms. The summed E-state index contributed by atoms with van der Waals surface area (Å²) in [4.78, 5) is 4.29. The molecule has 1 aromatic carbocycles. The summed E-state index contributed by atoms with van der Waals surface area (Å²) in [7, 11) is 0. The monoisotopic (exact) mass is 272 g/mol. The Morgan fingerprint density at radius 3 is 2.90 bits per heavy atom. The van der Waals surface area contributed by atoms with Gasteiger partial charge in [0, 0.05) is 12.3 Å². The van der Waals surface area contributed by atoms with Gasteiger partial charge in [0.25, 0.3) is 0 Å². The van der Waals surface area contributed by atoms with E-state index < -0.39 is 0 Å². The Kier molecular flexibility index (Phi) is 3.12. The number of benzene rings is 1. The number of imidazole rings is 1. The van der Waals surface area contributed by atoms with Crippen molar-refractivity contribution in [1.29, 1.82) is 0 Å². The van der Waals surface area contributed by atoms with E-state index in [1.165, 1.54) is 6.07 Å². The number of halogens is 1. The van der Waals surface area contributed by atoms with Crippen LogP contribution in [-0.2, 0) is 6.61 Å². The Hall–Kier alpha value is -2.40. The molecular formula is C15H13FN2O2. The fourth-order valence-electron chi connectivity index (χ4n) is 2.00. The zero-order valence-corrected chi connectivity index (χ0v) is 10.9. The molecular weight excluding hydrogens is 259 g/mol. The van der Waals surface area contributed by atoms with Gasteiger partial charge in [-0.25, -0.2) is 4.39 Å². The number of fused-ring (bicyclic) bond motifs is 1. The van der Waals surface area contributed by atoms with Crippen LogP contribution in [0.15, 0.2) is 42.6 Å². The second-order valence-corrected chi connectivity index (χ2v) is 4.46. The number of ether oxygens (including phenoxy) is 1. The fourth-order valence-corrected chi connectivity index (χ4v) is 2.00. The molecule has 0 aliphatic heterocycles. The molecule has 0 unspecified atom stereocenters. The van der Waals surface area contributed by atoms with Crippen LogP contribution in [0.25, 0.3) is 5.65 Å². The minimum Gasteiger partial charge on any atom is -0.437 e. The quantitative estimate of drug-likeness (QED) is 0.797. The van der Waals surface area contributed by atoms with Gasteiger partial charge in [0.2, 0.25) is 5.88 Å². The number of aliphatic hydroxyl groups excluding tert-OH is 1. The maximum absolute atomic E-state index is 13.5. The van der Waals surface area contributed by atoms with Gasteiger partial charge in [-0.2, -0.15) is 4.98 Å². The summed E-state index contributed by atoms with van der Waals surface area (Å²) in [5.74, 6) is 0.296. The Morgan fingerprint density at radius 1 is 1.30 bits per heavy atom. The van der Waals surface area contributed by atoms with Crippen LogP contribution >= 0.6 is 0 Å². The third kappa shape index (κ3) is 2.12. The highest BCUT2D eigenvalue weighted by Crippen LogP contribution is 2.27. The van der Waals surface area contributed by atoms with Crippen LogP contribution in [-0.4, -0.2) is 14.5 Å². The number of rotatable bonds is 3. The van der Waals surface area contributed by atoms with Crippen LogP contribution in [0, 0.1) is 12.7 Å². The lowest BCUT2D eigenvalue weighted by atomic mass is 10.2. The first-order chi connectivity index (χ1) is 9.69. The highest BCUT2D eigenvalue weighted by Gasteiger charge is 2.13. The summed E-state index contributed by atoms with van der Waals surface area (Å²) in [6.07, 6.45) is 1.79. The highest BCUT2D eigenvalue weighted by molar-refractivity contribution is 5.46. The predicted molar refractivity (Wildman–Crippen MR) is 72.3 cm³/mol. The molecule has 0 aliphatic rings. The minimum atomic E-state index is -0.336. The highest BCUT2D eigenvalue weighted by atomic mass is 19.1. The SMILES string of the molecule is Cc1ccc(Oc2nc3ccccn3c2CO)cc1F. The van der Waals surface area contributed by atoms with E-state index in [0.717, 1.165) is 0 Å². The smallest absolute Gasteiger partial charge is 0.243 e. The van der Waals surface area contributed by atoms with E-state index in [9.17, 15) is 9.50 Å². The molecule has 0 amide bonds. The fraction of sp³-hybridized carbons (Fsp3) is 0.133. The predicted octanol–water partition coefficient (Wildman–Crippen LogP) is 3.07. The molecule has 5 heteroatoms. The Balaban J connectivity index is 2.03. The van der Waals surface area contributed by atoms with Crippen molar-refractivity contribution < 1.29 is 14.2 Å². The molecule has 102 valence electrons. The van der Waals surface area contributed by atoms with Crippen molar-refractivity contribution in [1.82, 2.24) is 9.38 Å². The number of aryl methyl sites for hydroxylation is 1. The summed E-state index contributed by atoms with van der Waals surface area (Å²) < 4.78 is 20.8. The van der Waals surface area contributed by atoms with Crippen molar-refractivity contribution in [2.45, 2.75) is 13.5 Å². The van der Waals surface area contributed by atoms with Gasteiger partial charge in [-0.15, -0.1) is 0 Å². The lowest BCUT2D eigenvalue weighted by Gasteiger charge is -2.05. The topological polar surface area (TPSA) is 46.8 Å². The molecule has 0 saturated heterocycles. The van der Waals surface area contributed by atoms with Crippen molar-refractivity contribution in [2.75, 3.05) is 0 Å². The first-order valence-corrected chi connectivity index (χ1v) is 6.20. The molecule has 20 heavy (non-hydrogen) atoms. The average Bonchev–Trinajstić information content (AvgIpc) is 2.80. The maximum atomic E-state index is 13.5. The van der Waals surface area contributed by atoms with Crippen molar-refractivity contribution in [3.8, 4) is 11.6 Å². The molecule has 1 N–H and O–H groups in total. The third-order valence-corrected chi connectivity index (χ3v) is 3.10. The number of pyridine rings is 1. The number of aliphatic hydroxyl groups is 1. The first-order valence-electron chi connectivity index (χ1n) is 6.20. The van der Waals surface area contributed by atoms with Crippen LogP contribution in [0.5, 0.6) is 11.6 Å². The van der Waals surface area contributed by atoms with Gasteiger partial charge in [0.15, 0.2) is 0 Å². The van der Waals surface area contributed by atoms with Crippen molar-refractivity contribution in [3.63, 3.8) is 0 Å². The standard InChI is InChI=1S/C15H13FN2O2/c1-10-5-6-11(8-12(10)16)20-15-13(9-19)18-7-3-2-4-14(18)17-15/h2-8,19H,9H2,1H3. The minimum absolute atomic E-state index is 0.213. The molecule has 2 aromatic heterocycles. The van der Waals surface area contributed by atoms with Gasteiger partial charge in [-0.1, -0.05) is 12.1 Å². The second-order valence-electron chi connectivity index (χ2n) is 4.46. The molecule has 4 nitrogen and oxygen atoms in total. The molecule has 0 radical (unpaired) electrons. The van der Waals surface area contributed by atoms with Crippen LogP contribution in [0.2, 0.25) is 0 Å². The van der Waals surface area contributed by atoms with Crippen LogP contribution in [0.4, 0.5) is 4.39 Å². The zero-order valence-electron chi connectivity index (χ0n) is 10.9. The second kappa shape index (κ2) is 4.94. The van der Waals surface area contributed by atoms with Crippen LogP contribution in [0.3, 0.4) is 0 Å². The summed E-state index contributed by atoms with van der Waals surface area (Å²) in [6, 6.07) is 10.1. The normalized spacial score (nSPS) is 10.9. The Bertz CT molecular complexity index is 768. The van der Waals surface area contributed by atoms with Crippen molar-refractivity contribution in [2.24, 2.45) is 0 Å². The maximum Gasteiger partial charge on any atom is 0.243 e. The van der Waals surface area contributed by atoms with Crippen LogP contribution in [0.1, 0.15) is 11.3 Å². The van der Waals surface area contributed by atoms with Crippen molar-refractivity contribution in [3.05, 3.63) is 59.7 Å². The zero-order chi connectivity index (χ0) is 14.1.